The largest absolute Gasteiger partial charge is 0.491 e. The van der Waals surface area contributed by atoms with Crippen LogP contribution in [0.5, 0.6) is 5.75 Å². The van der Waals surface area contributed by atoms with Gasteiger partial charge in [-0.1, -0.05) is 70.4 Å². The minimum absolute atomic E-state index is 0.314. The molecule has 1 fully saturated rings. The molecule has 0 radical (unpaired) electrons. The smallest absolute Gasteiger partial charge is 0.328 e. The number of para-hydroxylation sites is 1. The summed E-state index contributed by atoms with van der Waals surface area (Å²) >= 11 is 0. The highest BCUT2D eigenvalue weighted by molar-refractivity contribution is 6.04. The van der Waals surface area contributed by atoms with E-state index >= 15 is 0 Å². The Balaban J connectivity index is 1.31. The highest BCUT2D eigenvalue weighted by Gasteiger charge is 2.34. The molecule has 1 atom stereocenters. The van der Waals surface area contributed by atoms with Crippen LogP contribution in [-0.2, 0) is 16.1 Å². The number of anilines is 1. The van der Waals surface area contributed by atoms with Crippen LogP contribution in [0, 0.1) is 5.41 Å². The number of nitrogens with one attached hydrogen (secondary N) is 2. The van der Waals surface area contributed by atoms with Crippen LogP contribution < -0.4 is 15.4 Å². The van der Waals surface area contributed by atoms with Crippen molar-refractivity contribution in [1.29, 1.82) is 0 Å². The highest BCUT2D eigenvalue weighted by Crippen LogP contribution is 2.47. The Morgan fingerprint density at radius 2 is 1.72 bits per heavy atom. The van der Waals surface area contributed by atoms with Gasteiger partial charge in [-0.2, -0.15) is 0 Å². The fourth-order valence-electron chi connectivity index (χ4n) is 6.83. The van der Waals surface area contributed by atoms with Crippen LogP contribution >= 0.6 is 0 Å². The summed E-state index contributed by atoms with van der Waals surface area (Å²) < 4.78 is 8.50. The van der Waals surface area contributed by atoms with Crippen molar-refractivity contribution in [2.75, 3.05) is 11.9 Å². The molecule has 1 unspecified atom stereocenters. The second-order valence-electron chi connectivity index (χ2n) is 13.4. The SMILES string of the molecule is CC(C)(C)C(NC(=O)c1ccc2c(C3CCCCC3)c3n(c2c1)CCOc1ccccc1-3)C(=O)Nc1ccc(/C=C/C(=O)O)cc1. The molecule has 6 rings (SSSR count). The molecule has 0 bridgehead atoms. The fourth-order valence-corrected chi connectivity index (χ4v) is 6.83. The van der Waals surface area contributed by atoms with Crippen molar-refractivity contribution in [1.82, 2.24) is 9.88 Å². The van der Waals surface area contributed by atoms with Crippen molar-refractivity contribution in [3.63, 3.8) is 0 Å². The molecule has 8 heteroatoms. The maximum atomic E-state index is 13.8. The molecule has 46 heavy (non-hydrogen) atoms. The molecule has 3 aromatic carbocycles. The van der Waals surface area contributed by atoms with E-state index in [1.807, 2.05) is 45.0 Å². The number of carboxylic acids is 1. The molecule has 2 amide bonds. The van der Waals surface area contributed by atoms with E-state index in [0.29, 0.717) is 35.9 Å². The number of carboxylic acid groups (broad SMARTS) is 1. The lowest BCUT2D eigenvalue weighted by atomic mass is 9.81. The Morgan fingerprint density at radius 1 is 0.978 bits per heavy atom. The number of nitrogens with zero attached hydrogens (tertiary/aromatic N) is 1. The number of carbonyl (C=O) groups excluding carboxylic acids is 2. The quantitative estimate of drug-likeness (QED) is 0.184. The first-order chi connectivity index (χ1) is 22.1. The van der Waals surface area contributed by atoms with Crippen LogP contribution in [0.25, 0.3) is 28.2 Å². The van der Waals surface area contributed by atoms with Gasteiger partial charge >= 0.3 is 5.97 Å². The maximum absolute atomic E-state index is 13.8. The van der Waals surface area contributed by atoms with Gasteiger partial charge in [0.25, 0.3) is 5.91 Å². The molecule has 2 aliphatic rings. The molecule has 4 aromatic rings. The average Bonchev–Trinajstić information content (AvgIpc) is 3.23. The Morgan fingerprint density at radius 3 is 2.43 bits per heavy atom. The summed E-state index contributed by atoms with van der Waals surface area (Å²) in [4.78, 5) is 38.2. The molecule has 0 saturated heterocycles. The lowest BCUT2D eigenvalue weighted by molar-refractivity contribution is -0.131. The minimum Gasteiger partial charge on any atom is -0.491 e. The Kier molecular flexibility index (Phi) is 8.71. The van der Waals surface area contributed by atoms with Crippen molar-refractivity contribution >= 4 is 40.4 Å². The number of carbonyl (C=O) groups is 3. The monoisotopic (exact) mass is 619 g/mol. The summed E-state index contributed by atoms with van der Waals surface area (Å²) in [5, 5.41) is 16.0. The van der Waals surface area contributed by atoms with Crippen molar-refractivity contribution in [2.45, 2.75) is 71.4 Å². The normalized spacial score (nSPS) is 15.8. The number of fused-ring (bicyclic) bond motifs is 5. The Hall–Kier alpha value is -4.85. The topological polar surface area (TPSA) is 110 Å². The number of rotatable bonds is 7. The average molecular weight is 620 g/mol. The first kappa shape index (κ1) is 31.1. The van der Waals surface area contributed by atoms with Crippen LogP contribution in [0.15, 0.2) is 72.8 Å². The van der Waals surface area contributed by atoms with E-state index in [2.05, 4.69) is 33.4 Å². The third-order valence-corrected chi connectivity index (χ3v) is 9.09. The van der Waals surface area contributed by atoms with Gasteiger partial charge in [-0.15, -0.1) is 0 Å². The van der Waals surface area contributed by atoms with E-state index in [-0.39, 0.29) is 11.8 Å². The summed E-state index contributed by atoms with van der Waals surface area (Å²) in [5.74, 6) is -0.331. The third-order valence-electron chi connectivity index (χ3n) is 9.09. The van der Waals surface area contributed by atoms with E-state index in [1.54, 1.807) is 24.3 Å². The predicted octanol–water partition coefficient (Wildman–Crippen LogP) is 7.63. The third kappa shape index (κ3) is 6.43. The zero-order valence-electron chi connectivity index (χ0n) is 26.6. The first-order valence-electron chi connectivity index (χ1n) is 16.1. The van der Waals surface area contributed by atoms with E-state index in [0.717, 1.165) is 35.7 Å². The number of hydrogen-bond acceptors (Lipinski definition) is 4. The van der Waals surface area contributed by atoms with Gasteiger partial charge < -0.3 is 25.0 Å². The van der Waals surface area contributed by atoms with Crippen molar-refractivity contribution in [3.8, 4) is 17.0 Å². The predicted molar refractivity (Wildman–Crippen MR) is 181 cm³/mol. The Labute approximate surface area is 269 Å². The summed E-state index contributed by atoms with van der Waals surface area (Å²) in [6, 6.07) is 20.2. The summed E-state index contributed by atoms with van der Waals surface area (Å²) in [6.07, 6.45) is 8.56. The van der Waals surface area contributed by atoms with Crippen LogP contribution in [-0.4, -0.2) is 40.1 Å². The lowest BCUT2D eigenvalue weighted by Gasteiger charge is -2.30. The molecule has 1 saturated carbocycles. The van der Waals surface area contributed by atoms with Gasteiger partial charge in [-0.3, -0.25) is 9.59 Å². The molecule has 1 aromatic heterocycles. The standard InChI is InChI=1S/C38H41N3O5/c1-38(2,3)35(37(45)39-27-17-13-24(14-18-27)15-20-32(42)43)40-36(44)26-16-19-28-30(23-26)41-21-22-46-31-12-8-7-11-29(31)34(41)33(28)25-9-5-4-6-10-25/h7-8,11-20,23,25,35H,4-6,9-10,21-22H2,1-3H3,(H,39,45)(H,40,44)(H,42,43)/b20-15+. The lowest BCUT2D eigenvalue weighted by Crippen LogP contribution is -2.51. The van der Waals surface area contributed by atoms with Crippen LogP contribution in [0.1, 0.15) is 80.3 Å². The number of aliphatic carboxylic acids is 1. The summed E-state index contributed by atoms with van der Waals surface area (Å²) in [7, 11) is 0. The zero-order valence-corrected chi connectivity index (χ0v) is 26.6. The van der Waals surface area contributed by atoms with E-state index in [1.165, 1.54) is 42.0 Å². The van der Waals surface area contributed by atoms with Gasteiger partial charge in [0.1, 0.15) is 18.4 Å². The molecule has 3 N–H and O–H groups in total. The highest BCUT2D eigenvalue weighted by atomic mass is 16.5. The number of benzene rings is 3. The molecule has 1 aliphatic carbocycles. The van der Waals surface area contributed by atoms with Gasteiger partial charge in [-0.05, 0) is 77.8 Å². The molecular formula is C38H41N3O5. The van der Waals surface area contributed by atoms with Crippen LogP contribution in [0.2, 0.25) is 0 Å². The molecule has 8 nitrogen and oxygen atoms in total. The van der Waals surface area contributed by atoms with E-state index in [9.17, 15) is 14.4 Å². The number of aromatic nitrogens is 1. The second-order valence-corrected chi connectivity index (χ2v) is 13.4. The number of hydrogen-bond donors (Lipinski definition) is 3. The zero-order chi connectivity index (χ0) is 32.4. The van der Waals surface area contributed by atoms with Crippen LogP contribution in [0.3, 0.4) is 0 Å². The van der Waals surface area contributed by atoms with Crippen molar-refractivity contribution in [3.05, 3.63) is 89.5 Å². The summed E-state index contributed by atoms with van der Waals surface area (Å²) in [5.41, 5.74) is 5.83. The molecule has 1 aliphatic heterocycles. The molecule has 2 heterocycles. The number of ether oxygens (including phenoxy) is 1. The van der Waals surface area contributed by atoms with E-state index in [4.69, 9.17) is 9.84 Å². The number of amides is 2. The maximum Gasteiger partial charge on any atom is 0.328 e. The molecule has 238 valence electrons. The van der Waals surface area contributed by atoms with Crippen molar-refractivity contribution < 1.29 is 24.2 Å². The molecule has 0 spiro atoms. The van der Waals surface area contributed by atoms with Gasteiger partial charge in [0.15, 0.2) is 0 Å². The summed E-state index contributed by atoms with van der Waals surface area (Å²) in [6.45, 7) is 6.97. The first-order valence-corrected chi connectivity index (χ1v) is 16.1. The Bertz CT molecular complexity index is 1810. The minimum atomic E-state index is -1.03. The fraction of sp³-hybridized carbons (Fsp3) is 0.342. The second kappa shape index (κ2) is 12.9. The van der Waals surface area contributed by atoms with Crippen molar-refractivity contribution in [2.24, 2.45) is 5.41 Å². The molecular weight excluding hydrogens is 578 g/mol. The van der Waals surface area contributed by atoms with Gasteiger partial charge in [-0.25, -0.2) is 4.79 Å². The van der Waals surface area contributed by atoms with Crippen LogP contribution in [0.4, 0.5) is 5.69 Å². The van der Waals surface area contributed by atoms with Gasteiger partial charge in [0, 0.05) is 33.8 Å². The van der Waals surface area contributed by atoms with Gasteiger partial charge in [0.2, 0.25) is 5.91 Å². The van der Waals surface area contributed by atoms with E-state index < -0.39 is 17.4 Å². The van der Waals surface area contributed by atoms with Gasteiger partial charge in [0.05, 0.1) is 12.2 Å².